The van der Waals surface area contributed by atoms with Crippen molar-refractivity contribution in [2.24, 2.45) is 11.7 Å². The molecule has 7 nitrogen and oxygen atoms in total. The molecule has 0 fully saturated rings. The molecule has 0 aliphatic heterocycles. The highest BCUT2D eigenvalue weighted by molar-refractivity contribution is 5.99. The Balaban J connectivity index is 2.84. The van der Waals surface area contributed by atoms with Gasteiger partial charge in [0.2, 0.25) is 5.91 Å². The Morgan fingerprint density at radius 2 is 1.91 bits per heavy atom. The second-order valence-corrected chi connectivity index (χ2v) is 5.16. The predicted octanol–water partition coefficient (Wildman–Crippen LogP) is 1.07. The Bertz CT molecular complexity index is 557. The van der Waals surface area contributed by atoms with Crippen LogP contribution < -0.4 is 21.7 Å². The summed E-state index contributed by atoms with van der Waals surface area (Å²) in [5.74, 6) is -0.727. The number of primary amides is 1. The average molecular weight is 306 g/mol. The zero-order valence-electron chi connectivity index (χ0n) is 13.0. The maximum Gasteiger partial charge on any atom is 0.312 e. The average Bonchev–Trinajstić information content (AvgIpc) is 2.44. The summed E-state index contributed by atoms with van der Waals surface area (Å²) < 4.78 is 0. The van der Waals surface area contributed by atoms with Gasteiger partial charge in [-0.2, -0.15) is 0 Å². The van der Waals surface area contributed by atoms with E-state index in [2.05, 4.69) is 16.0 Å². The van der Waals surface area contributed by atoms with Crippen molar-refractivity contribution in [3.05, 3.63) is 29.8 Å². The van der Waals surface area contributed by atoms with Crippen molar-refractivity contribution in [1.82, 2.24) is 10.6 Å². The third-order valence-corrected chi connectivity index (χ3v) is 2.98. The number of carbonyl (C=O) groups excluding carboxylic acids is 3. The van der Waals surface area contributed by atoms with Crippen LogP contribution in [0.15, 0.2) is 24.3 Å². The number of amides is 4. The lowest BCUT2D eigenvalue weighted by atomic mass is 10.0. The zero-order chi connectivity index (χ0) is 16.7. The lowest BCUT2D eigenvalue weighted by Gasteiger charge is -2.20. The van der Waals surface area contributed by atoms with Crippen LogP contribution in [-0.4, -0.2) is 30.4 Å². The summed E-state index contributed by atoms with van der Waals surface area (Å²) in [5, 5.41) is 7.77. The van der Waals surface area contributed by atoms with E-state index in [1.165, 1.54) is 0 Å². The first kappa shape index (κ1) is 17.5. The third kappa shape index (κ3) is 5.08. The first-order valence-corrected chi connectivity index (χ1v) is 7.10. The third-order valence-electron chi connectivity index (χ3n) is 2.98. The topological polar surface area (TPSA) is 113 Å². The molecule has 0 saturated carbocycles. The lowest BCUT2D eigenvalue weighted by molar-refractivity contribution is -0.118. The fraction of sp³-hybridized carbons (Fsp3) is 0.400. The van der Waals surface area contributed by atoms with Gasteiger partial charge in [-0.05, 0) is 31.0 Å². The largest absolute Gasteiger partial charge is 0.352 e. The highest BCUT2D eigenvalue weighted by Gasteiger charge is 2.23. The minimum atomic E-state index is -0.759. The molecule has 0 spiro atoms. The van der Waals surface area contributed by atoms with Gasteiger partial charge < -0.3 is 21.7 Å². The van der Waals surface area contributed by atoms with Crippen LogP contribution in [0.3, 0.4) is 0 Å². The molecule has 7 heteroatoms. The number of nitrogens with one attached hydrogen (secondary N) is 3. The SMILES string of the molecule is CCNC(=O)c1cccc(NC(=O)[C@H](NC(N)=O)C(C)C)c1. The molecule has 0 saturated heterocycles. The summed E-state index contributed by atoms with van der Waals surface area (Å²) in [4.78, 5) is 35.0. The molecular weight excluding hydrogens is 284 g/mol. The molecule has 1 aromatic carbocycles. The van der Waals surface area contributed by atoms with Gasteiger partial charge in [0.25, 0.3) is 5.91 Å². The Morgan fingerprint density at radius 3 is 2.45 bits per heavy atom. The van der Waals surface area contributed by atoms with E-state index in [1.54, 1.807) is 38.1 Å². The Kier molecular flexibility index (Phi) is 6.37. The molecule has 1 rings (SSSR count). The van der Waals surface area contributed by atoms with Crippen LogP contribution in [-0.2, 0) is 4.79 Å². The molecule has 0 aliphatic carbocycles. The summed E-state index contributed by atoms with van der Waals surface area (Å²) in [6.45, 7) is 5.94. The van der Waals surface area contributed by atoms with Gasteiger partial charge in [0, 0.05) is 17.8 Å². The highest BCUT2D eigenvalue weighted by Crippen LogP contribution is 2.12. The molecule has 0 bridgehead atoms. The number of hydrogen-bond donors (Lipinski definition) is 4. The molecule has 4 amide bonds. The van der Waals surface area contributed by atoms with Crippen molar-refractivity contribution in [3.8, 4) is 0 Å². The van der Waals surface area contributed by atoms with Crippen molar-refractivity contribution in [1.29, 1.82) is 0 Å². The summed E-state index contributed by atoms with van der Waals surface area (Å²) in [5.41, 5.74) is 6.00. The number of hydrogen-bond acceptors (Lipinski definition) is 3. The van der Waals surface area contributed by atoms with Crippen LogP contribution in [0, 0.1) is 5.92 Å². The van der Waals surface area contributed by atoms with Crippen molar-refractivity contribution in [3.63, 3.8) is 0 Å². The van der Waals surface area contributed by atoms with E-state index in [9.17, 15) is 14.4 Å². The Morgan fingerprint density at radius 1 is 1.23 bits per heavy atom. The van der Waals surface area contributed by atoms with Crippen LogP contribution in [0.1, 0.15) is 31.1 Å². The number of benzene rings is 1. The molecule has 22 heavy (non-hydrogen) atoms. The minimum absolute atomic E-state index is 0.126. The van der Waals surface area contributed by atoms with E-state index in [0.29, 0.717) is 17.8 Å². The van der Waals surface area contributed by atoms with Crippen molar-refractivity contribution < 1.29 is 14.4 Å². The van der Waals surface area contributed by atoms with Crippen molar-refractivity contribution >= 4 is 23.5 Å². The molecule has 0 radical (unpaired) electrons. The van der Waals surface area contributed by atoms with E-state index in [0.717, 1.165) is 0 Å². The zero-order valence-corrected chi connectivity index (χ0v) is 13.0. The van der Waals surface area contributed by atoms with E-state index in [1.807, 2.05) is 6.92 Å². The molecule has 0 aromatic heterocycles. The van der Waals surface area contributed by atoms with Gasteiger partial charge in [-0.25, -0.2) is 4.79 Å². The molecular formula is C15H22N4O3. The van der Waals surface area contributed by atoms with E-state index in [4.69, 9.17) is 5.73 Å². The fourth-order valence-corrected chi connectivity index (χ4v) is 1.91. The van der Waals surface area contributed by atoms with Crippen LogP contribution >= 0.6 is 0 Å². The molecule has 120 valence electrons. The van der Waals surface area contributed by atoms with Crippen molar-refractivity contribution in [2.45, 2.75) is 26.8 Å². The monoisotopic (exact) mass is 306 g/mol. The van der Waals surface area contributed by atoms with E-state index in [-0.39, 0.29) is 17.7 Å². The van der Waals surface area contributed by atoms with Crippen LogP contribution in [0.25, 0.3) is 0 Å². The van der Waals surface area contributed by atoms with Gasteiger partial charge in [-0.3, -0.25) is 9.59 Å². The second kappa shape index (κ2) is 8.02. The Hall–Kier alpha value is -2.57. The summed E-state index contributed by atoms with van der Waals surface area (Å²) in [7, 11) is 0. The number of carbonyl (C=O) groups is 3. The van der Waals surface area contributed by atoms with Crippen molar-refractivity contribution in [2.75, 3.05) is 11.9 Å². The first-order valence-electron chi connectivity index (χ1n) is 7.10. The van der Waals surface area contributed by atoms with Gasteiger partial charge in [0.15, 0.2) is 0 Å². The summed E-state index contributed by atoms with van der Waals surface area (Å²) in [6, 6.07) is 5.07. The first-order chi connectivity index (χ1) is 10.3. The van der Waals surface area contributed by atoms with Gasteiger partial charge in [0.1, 0.15) is 6.04 Å². The normalized spacial score (nSPS) is 11.6. The molecule has 0 unspecified atom stereocenters. The smallest absolute Gasteiger partial charge is 0.312 e. The standard InChI is InChI=1S/C15H22N4O3/c1-4-17-13(20)10-6-5-7-11(8-10)18-14(21)12(9(2)3)19-15(16)22/h5-9,12H,4H2,1-3H3,(H,17,20)(H,18,21)(H3,16,19,22)/t12-/m1/s1. The van der Waals surface area contributed by atoms with Crippen LogP contribution in [0.5, 0.6) is 0 Å². The summed E-state index contributed by atoms with van der Waals surface area (Å²) in [6.07, 6.45) is 0. The maximum absolute atomic E-state index is 12.2. The number of anilines is 1. The second-order valence-electron chi connectivity index (χ2n) is 5.16. The predicted molar refractivity (Wildman–Crippen MR) is 84.4 cm³/mol. The molecule has 0 heterocycles. The van der Waals surface area contributed by atoms with Gasteiger partial charge in [0.05, 0.1) is 0 Å². The molecule has 0 aliphatic rings. The molecule has 5 N–H and O–H groups in total. The summed E-state index contributed by atoms with van der Waals surface area (Å²) >= 11 is 0. The van der Waals surface area contributed by atoms with E-state index < -0.39 is 12.1 Å². The number of urea groups is 1. The highest BCUT2D eigenvalue weighted by atomic mass is 16.2. The molecule has 1 aromatic rings. The maximum atomic E-state index is 12.2. The van der Waals surface area contributed by atoms with Gasteiger partial charge in [-0.1, -0.05) is 19.9 Å². The Labute approximate surface area is 129 Å². The minimum Gasteiger partial charge on any atom is -0.352 e. The molecule has 1 atom stereocenters. The number of rotatable bonds is 6. The quantitative estimate of drug-likeness (QED) is 0.630. The van der Waals surface area contributed by atoms with Gasteiger partial charge in [-0.15, -0.1) is 0 Å². The number of nitrogens with two attached hydrogens (primary N) is 1. The van der Waals surface area contributed by atoms with Gasteiger partial charge >= 0.3 is 6.03 Å². The van der Waals surface area contributed by atoms with E-state index >= 15 is 0 Å². The lowest BCUT2D eigenvalue weighted by Crippen LogP contribution is -2.49. The van der Waals surface area contributed by atoms with Crippen LogP contribution in [0.4, 0.5) is 10.5 Å². The van der Waals surface area contributed by atoms with Crippen LogP contribution in [0.2, 0.25) is 0 Å². The fourth-order valence-electron chi connectivity index (χ4n) is 1.91.